The van der Waals surface area contributed by atoms with Gasteiger partial charge < -0.3 is 15.4 Å². The highest BCUT2D eigenvalue weighted by molar-refractivity contribution is 6.05. The highest BCUT2D eigenvalue weighted by atomic mass is 19.4. The van der Waals surface area contributed by atoms with Crippen molar-refractivity contribution in [3.63, 3.8) is 0 Å². The molecule has 1 atom stereocenters. The molecule has 2 N–H and O–H groups in total. The number of para-hydroxylation sites is 1. The minimum absolute atomic E-state index is 0.00995. The van der Waals surface area contributed by atoms with E-state index in [1.165, 1.54) is 48.9 Å². The van der Waals surface area contributed by atoms with Crippen molar-refractivity contribution in [2.24, 2.45) is 10.4 Å². The lowest BCUT2D eigenvalue weighted by atomic mass is 9.87. The molecule has 1 fully saturated rings. The summed E-state index contributed by atoms with van der Waals surface area (Å²) in [5, 5.41) is 5.22. The first kappa shape index (κ1) is 26.9. The Morgan fingerprint density at radius 3 is 2.55 bits per heavy atom. The Morgan fingerprint density at radius 1 is 1.16 bits per heavy atom. The number of hydrogen-bond donors (Lipinski definition) is 2. The highest BCUT2D eigenvalue weighted by Crippen LogP contribution is 2.36. The molecule has 2 heterocycles. The summed E-state index contributed by atoms with van der Waals surface area (Å²) in [6, 6.07) is 8.70. The van der Waals surface area contributed by atoms with Gasteiger partial charge in [0.25, 0.3) is 5.91 Å². The van der Waals surface area contributed by atoms with Crippen molar-refractivity contribution >= 4 is 29.4 Å². The van der Waals surface area contributed by atoms with Gasteiger partial charge in [0.15, 0.2) is 0 Å². The number of benzene rings is 2. The molecular formula is C26H23F4N5O3. The highest BCUT2D eigenvalue weighted by Gasteiger charge is 2.41. The number of aromatic nitrogens is 2. The Hall–Kier alpha value is -4.19. The number of alkyl halides is 3. The molecule has 0 radical (unpaired) electrons. The summed E-state index contributed by atoms with van der Waals surface area (Å²) in [7, 11) is 0. The van der Waals surface area contributed by atoms with Gasteiger partial charge in [-0.1, -0.05) is 18.2 Å². The zero-order chi connectivity index (χ0) is 27.3. The Bertz CT molecular complexity index is 1350. The molecule has 1 aliphatic heterocycles. The molecule has 0 spiro atoms. The van der Waals surface area contributed by atoms with Gasteiger partial charge in [-0.25, -0.2) is 19.4 Å². The Balaban J connectivity index is 1.43. The summed E-state index contributed by atoms with van der Waals surface area (Å²) in [5.74, 6) is -1.36. The number of aliphatic imine (C=N–C) groups is 1. The molecule has 1 aromatic heterocycles. The van der Waals surface area contributed by atoms with Gasteiger partial charge >= 0.3 is 6.18 Å². The maximum atomic E-state index is 14.8. The van der Waals surface area contributed by atoms with Gasteiger partial charge in [0.2, 0.25) is 5.91 Å². The maximum Gasteiger partial charge on any atom is 0.418 e. The van der Waals surface area contributed by atoms with Gasteiger partial charge in [-0.3, -0.25) is 9.59 Å². The molecular weight excluding hydrogens is 506 g/mol. The number of ether oxygens (including phenoxy) is 1. The van der Waals surface area contributed by atoms with Crippen LogP contribution in [0.4, 0.5) is 28.9 Å². The second kappa shape index (κ2) is 11.1. The van der Waals surface area contributed by atoms with Crippen LogP contribution in [0, 0.1) is 18.2 Å². The van der Waals surface area contributed by atoms with Gasteiger partial charge in [-0.05, 0) is 37.6 Å². The summed E-state index contributed by atoms with van der Waals surface area (Å²) in [6.07, 6.45) is -0.400. The lowest BCUT2D eigenvalue weighted by Gasteiger charge is -2.21. The summed E-state index contributed by atoms with van der Waals surface area (Å²) in [4.78, 5) is 37.2. The molecule has 0 saturated carbocycles. The van der Waals surface area contributed by atoms with E-state index >= 15 is 0 Å². The molecule has 4 rings (SSSR count). The summed E-state index contributed by atoms with van der Waals surface area (Å²) in [6.45, 7) is 1.74. The zero-order valence-corrected chi connectivity index (χ0v) is 20.2. The second-order valence-corrected chi connectivity index (χ2v) is 8.70. The number of nitrogens with zero attached hydrogens (tertiary/aromatic N) is 3. The van der Waals surface area contributed by atoms with Crippen LogP contribution in [-0.2, 0) is 22.3 Å². The van der Waals surface area contributed by atoms with E-state index in [1.807, 2.05) is 0 Å². The molecule has 38 heavy (non-hydrogen) atoms. The third-order valence-electron chi connectivity index (χ3n) is 5.97. The number of halogens is 4. The largest absolute Gasteiger partial charge is 0.418 e. The number of aryl methyl sites for hydroxylation is 1. The van der Waals surface area contributed by atoms with E-state index in [-0.39, 0.29) is 48.7 Å². The van der Waals surface area contributed by atoms with Crippen LogP contribution in [0.2, 0.25) is 0 Å². The summed E-state index contributed by atoms with van der Waals surface area (Å²) in [5.41, 5.74) is -1.92. The van der Waals surface area contributed by atoms with Crippen LogP contribution in [-0.4, -0.2) is 41.2 Å². The van der Waals surface area contributed by atoms with E-state index in [2.05, 4.69) is 25.6 Å². The SMILES string of the molecule is Cc1ncc(C(=O)N=CC2(C(=O)NCc3ccc(Nc4ccccc4C(F)(F)F)cc3F)CCOC2)cn1. The van der Waals surface area contributed by atoms with E-state index in [0.29, 0.717) is 5.82 Å². The van der Waals surface area contributed by atoms with Crippen molar-refractivity contribution in [1.29, 1.82) is 0 Å². The number of carbonyl (C=O) groups is 2. The van der Waals surface area contributed by atoms with Crippen LogP contribution in [0.1, 0.15) is 33.7 Å². The minimum atomic E-state index is -4.58. The predicted molar refractivity (Wildman–Crippen MR) is 130 cm³/mol. The number of rotatable bonds is 7. The van der Waals surface area contributed by atoms with Crippen molar-refractivity contribution in [3.8, 4) is 0 Å². The maximum absolute atomic E-state index is 14.8. The monoisotopic (exact) mass is 529 g/mol. The Kier molecular flexibility index (Phi) is 7.81. The predicted octanol–water partition coefficient (Wildman–Crippen LogP) is 4.62. The average Bonchev–Trinajstić information content (AvgIpc) is 3.37. The van der Waals surface area contributed by atoms with E-state index in [0.717, 1.165) is 12.1 Å². The molecule has 198 valence electrons. The van der Waals surface area contributed by atoms with Gasteiger partial charge in [0.05, 0.1) is 23.4 Å². The van der Waals surface area contributed by atoms with Gasteiger partial charge in [-0.2, -0.15) is 13.2 Å². The number of nitrogens with one attached hydrogen (secondary N) is 2. The Morgan fingerprint density at radius 2 is 1.89 bits per heavy atom. The molecule has 12 heteroatoms. The normalized spacial score (nSPS) is 17.5. The van der Waals surface area contributed by atoms with Gasteiger partial charge in [0, 0.05) is 43.0 Å². The molecule has 8 nitrogen and oxygen atoms in total. The van der Waals surface area contributed by atoms with Crippen LogP contribution in [0.3, 0.4) is 0 Å². The van der Waals surface area contributed by atoms with E-state index in [4.69, 9.17) is 4.74 Å². The first-order valence-electron chi connectivity index (χ1n) is 11.5. The van der Waals surface area contributed by atoms with Crippen LogP contribution < -0.4 is 10.6 Å². The molecule has 1 aliphatic rings. The first-order chi connectivity index (χ1) is 18.1. The first-order valence-corrected chi connectivity index (χ1v) is 11.5. The van der Waals surface area contributed by atoms with Gasteiger partial charge in [-0.15, -0.1) is 0 Å². The van der Waals surface area contributed by atoms with Crippen molar-refractivity contribution in [1.82, 2.24) is 15.3 Å². The smallest absolute Gasteiger partial charge is 0.380 e. The van der Waals surface area contributed by atoms with Crippen LogP contribution >= 0.6 is 0 Å². The zero-order valence-electron chi connectivity index (χ0n) is 20.2. The number of carbonyl (C=O) groups excluding carboxylic acids is 2. The fourth-order valence-electron chi connectivity index (χ4n) is 3.79. The minimum Gasteiger partial charge on any atom is -0.380 e. The number of anilines is 2. The Labute approximate surface area is 215 Å². The lowest BCUT2D eigenvalue weighted by molar-refractivity contribution is -0.137. The quantitative estimate of drug-likeness (QED) is 0.342. The topological polar surface area (TPSA) is 106 Å². The lowest BCUT2D eigenvalue weighted by Crippen LogP contribution is -2.42. The summed E-state index contributed by atoms with van der Waals surface area (Å²) < 4.78 is 59.8. The third kappa shape index (κ3) is 6.20. The van der Waals surface area contributed by atoms with Crippen LogP contribution in [0.15, 0.2) is 59.9 Å². The van der Waals surface area contributed by atoms with E-state index < -0.39 is 34.8 Å². The molecule has 1 saturated heterocycles. The number of amides is 2. The van der Waals surface area contributed by atoms with Crippen molar-refractivity contribution in [2.45, 2.75) is 26.1 Å². The summed E-state index contributed by atoms with van der Waals surface area (Å²) >= 11 is 0. The molecule has 2 amide bonds. The molecule has 1 unspecified atom stereocenters. The fourth-order valence-corrected chi connectivity index (χ4v) is 3.79. The second-order valence-electron chi connectivity index (χ2n) is 8.70. The standard InChI is InChI=1S/C26H23F4N5O3/c1-16-31-12-18(13-32-16)23(36)34-14-25(8-9-38-15-25)24(37)33-11-17-6-7-19(10-21(17)27)35-22-5-3-2-4-20(22)26(28,29)30/h2-7,10,12-14,35H,8-9,11,15H2,1H3,(H,33,37). The van der Waals surface area contributed by atoms with Crippen molar-refractivity contribution in [3.05, 3.63) is 83.2 Å². The number of hydrogen-bond acceptors (Lipinski definition) is 6. The van der Waals surface area contributed by atoms with Gasteiger partial charge in [0.1, 0.15) is 17.1 Å². The van der Waals surface area contributed by atoms with Crippen LogP contribution in [0.25, 0.3) is 0 Å². The molecule has 0 bridgehead atoms. The molecule has 0 aliphatic carbocycles. The van der Waals surface area contributed by atoms with Crippen molar-refractivity contribution < 1.29 is 31.9 Å². The van der Waals surface area contributed by atoms with Crippen LogP contribution in [0.5, 0.6) is 0 Å². The average molecular weight is 529 g/mol. The fraction of sp³-hybridized carbons (Fsp3) is 0.269. The van der Waals surface area contributed by atoms with E-state index in [1.54, 1.807) is 6.92 Å². The third-order valence-corrected chi connectivity index (χ3v) is 5.97. The van der Waals surface area contributed by atoms with Crippen molar-refractivity contribution in [2.75, 3.05) is 18.5 Å². The molecule has 3 aromatic rings. The molecule has 2 aromatic carbocycles. The van der Waals surface area contributed by atoms with E-state index in [9.17, 15) is 27.2 Å².